The number of methoxy groups -OCH3 is 1. The van der Waals surface area contributed by atoms with E-state index in [2.05, 4.69) is 47.1 Å². The van der Waals surface area contributed by atoms with Gasteiger partial charge in [0.2, 0.25) is 5.95 Å². The molecule has 0 bridgehead atoms. The molecule has 2 fully saturated rings. The first-order chi connectivity index (χ1) is 15.8. The summed E-state index contributed by atoms with van der Waals surface area (Å²) in [5, 5.41) is 14.2. The summed E-state index contributed by atoms with van der Waals surface area (Å²) in [6, 6.07) is 8.57. The molecular formula is C22H22N6O2S2. The summed E-state index contributed by atoms with van der Waals surface area (Å²) in [5.74, 6) is 1.79. The number of thiophene rings is 1. The van der Waals surface area contributed by atoms with Gasteiger partial charge in [0.25, 0.3) is 0 Å². The van der Waals surface area contributed by atoms with Crippen LogP contribution in [0.4, 0.5) is 5.95 Å². The number of anilines is 1. The van der Waals surface area contributed by atoms with Crippen LogP contribution < -0.4 is 9.64 Å². The molecule has 4 heterocycles. The van der Waals surface area contributed by atoms with Crippen molar-refractivity contribution in [2.24, 2.45) is 0 Å². The van der Waals surface area contributed by atoms with Crippen LogP contribution in [0, 0.1) is 0 Å². The van der Waals surface area contributed by atoms with Crippen LogP contribution in [0.15, 0.2) is 46.2 Å². The quantitative estimate of drug-likeness (QED) is 0.390. The smallest absolute Gasteiger partial charge is 0.228 e. The number of benzene rings is 1. The van der Waals surface area contributed by atoms with Gasteiger partial charge in [-0.25, -0.2) is 9.97 Å². The van der Waals surface area contributed by atoms with E-state index in [0.717, 1.165) is 82.4 Å². The third-order valence-corrected chi connectivity index (χ3v) is 7.63. The Kier molecular flexibility index (Phi) is 5.20. The van der Waals surface area contributed by atoms with Gasteiger partial charge in [-0.2, -0.15) is 0 Å². The second kappa shape index (κ2) is 8.34. The van der Waals surface area contributed by atoms with Gasteiger partial charge in [-0.05, 0) is 42.3 Å². The summed E-state index contributed by atoms with van der Waals surface area (Å²) in [5.41, 5.74) is 2.24. The maximum Gasteiger partial charge on any atom is 0.228 e. The number of nitrogens with zero attached hydrogens (tertiary/aromatic N) is 6. The largest absolute Gasteiger partial charge is 0.497 e. The normalized spacial score (nSPS) is 16.6. The van der Waals surface area contributed by atoms with Gasteiger partial charge in [-0.15, -0.1) is 21.5 Å². The van der Waals surface area contributed by atoms with Crippen molar-refractivity contribution in [1.29, 1.82) is 0 Å². The Labute approximate surface area is 193 Å². The lowest BCUT2D eigenvalue weighted by atomic mass is 10.1. The molecule has 0 spiro atoms. The lowest BCUT2D eigenvalue weighted by Gasteiger charge is -2.27. The highest BCUT2D eigenvalue weighted by atomic mass is 32.2. The monoisotopic (exact) mass is 466 g/mol. The summed E-state index contributed by atoms with van der Waals surface area (Å²) in [7, 11) is 1.68. The molecule has 6 rings (SSSR count). The summed E-state index contributed by atoms with van der Waals surface area (Å²) >= 11 is 3.21. The fraction of sp³-hybridized carbons (Fsp3) is 0.364. The van der Waals surface area contributed by atoms with E-state index in [0.29, 0.717) is 6.04 Å². The number of ether oxygens (including phenoxy) is 2. The zero-order chi connectivity index (χ0) is 21.5. The molecule has 0 N–H and O–H groups in total. The predicted molar refractivity (Wildman–Crippen MR) is 125 cm³/mol. The molecule has 10 heteroatoms. The highest BCUT2D eigenvalue weighted by molar-refractivity contribution is 7.99. The van der Waals surface area contributed by atoms with Crippen molar-refractivity contribution in [3.8, 4) is 16.9 Å². The van der Waals surface area contributed by atoms with Crippen molar-refractivity contribution in [2.75, 3.05) is 38.3 Å². The minimum atomic E-state index is 0.464. The van der Waals surface area contributed by atoms with E-state index in [1.807, 2.05) is 12.1 Å². The average molecular weight is 467 g/mol. The molecule has 0 atom stereocenters. The van der Waals surface area contributed by atoms with Crippen molar-refractivity contribution < 1.29 is 9.47 Å². The lowest BCUT2D eigenvalue weighted by Crippen LogP contribution is -2.38. The number of rotatable bonds is 6. The first kappa shape index (κ1) is 20.0. The average Bonchev–Trinajstić information content (AvgIpc) is 3.45. The van der Waals surface area contributed by atoms with E-state index in [9.17, 15) is 0 Å². The summed E-state index contributed by atoms with van der Waals surface area (Å²) < 4.78 is 13.1. The number of morpholine rings is 1. The van der Waals surface area contributed by atoms with Crippen LogP contribution in [0.3, 0.4) is 0 Å². The van der Waals surface area contributed by atoms with E-state index in [4.69, 9.17) is 9.47 Å². The first-order valence-electron chi connectivity index (χ1n) is 10.6. The molecule has 32 heavy (non-hydrogen) atoms. The van der Waals surface area contributed by atoms with E-state index < -0.39 is 0 Å². The van der Waals surface area contributed by atoms with Gasteiger partial charge >= 0.3 is 0 Å². The van der Waals surface area contributed by atoms with Gasteiger partial charge in [0.05, 0.1) is 25.7 Å². The Bertz CT molecular complexity index is 1250. The highest BCUT2D eigenvalue weighted by Crippen LogP contribution is 2.44. The van der Waals surface area contributed by atoms with Gasteiger partial charge in [0.15, 0.2) is 5.16 Å². The molecule has 1 aliphatic heterocycles. The van der Waals surface area contributed by atoms with Gasteiger partial charge in [0, 0.05) is 30.1 Å². The zero-order valence-corrected chi connectivity index (χ0v) is 19.2. The fourth-order valence-corrected chi connectivity index (χ4v) is 5.94. The Morgan fingerprint density at radius 2 is 1.91 bits per heavy atom. The van der Waals surface area contributed by atoms with Gasteiger partial charge in [-0.1, -0.05) is 12.1 Å². The first-order valence-corrected chi connectivity index (χ1v) is 12.3. The van der Waals surface area contributed by atoms with Gasteiger partial charge in [0.1, 0.15) is 21.9 Å². The standard InChI is InChI=1S/C22H22N6O2S2/c1-29-16-6-2-14(3-7-16)17-12-31-19-18(17)20(24-13-23-19)32-22-26-25-21(28(22)15-4-5-15)27-8-10-30-11-9-27/h2-3,6-7,12-13,15H,4-5,8-11H2,1H3. The molecule has 164 valence electrons. The highest BCUT2D eigenvalue weighted by Gasteiger charge is 2.32. The Hall–Kier alpha value is -2.69. The molecule has 0 radical (unpaired) electrons. The summed E-state index contributed by atoms with van der Waals surface area (Å²) in [4.78, 5) is 12.4. The Balaban J connectivity index is 1.39. The van der Waals surface area contributed by atoms with E-state index in [1.165, 1.54) is 0 Å². The van der Waals surface area contributed by atoms with Crippen LogP contribution in [0.5, 0.6) is 5.75 Å². The second-order valence-electron chi connectivity index (χ2n) is 7.82. The van der Waals surface area contributed by atoms with Crippen LogP contribution in [-0.4, -0.2) is 58.1 Å². The van der Waals surface area contributed by atoms with Gasteiger partial charge < -0.3 is 14.4 Å². The molecule has 0 amide bonds. The SMILES string of the molecule is COc1ccc(-c2csc3ncnc(Sc4nnc(N5CCOCC5)n4C4CC4)c23)cc1. The van der Waals surface area contributed by atoms with Gasteiger partial charge in [-0.3, -0.25) is 4.57 Å². The van der Waals surface area contributed by atoms with E-state index >= 15 is 0 Å². The Morgan fingerprint density at radius 1 is 1.09 bits per heavy atom. The fourth-order valence-electron chi connectivity index (χ4n) is 3.96. The number of hydrogen-bond acceptors (Lipinski definition) is 9. The van der Waals surface area contributed by atoms with Crippen LogP contribution in [-0.2, 0) is 4.74 Å². The number of fused-ring (bicyclic) bond motifs is 1. The molecule has 0 unspecified atom stereocenters. The zero-order valence-electron chi connectivity index (χ0n) is 17.6. The minimum Gasteiger partial charge on any atom is -0.497 e. The maximum atomic E-state index is 5.52. The minimum absolute atomic E-state index is 0.464. The maximum absolute atomic E-state index is 5.52. The van der Waals surface area contributed by atoms with E-state index in [1.54, 1.807) is 36.5 Å². The van der Waals surface area contributed by atoms with Crippen LogP contribution in [0.1, 0.15) is 18.9 Å². The third-order valence-electron chi connectivity index (χ3n) is 5.78. The molecule has 1 saturated carbocycles. The number of hydrogen-bond donors (Lipinski definition) is 0. The molecule has 1 saturated heterocycles. The van der Waals surface area contributed by atoms with Crippen molar-refractivity contribution >= 4 is 39.3 Å². The molecule has 1 aliphatic carbocycles. The second-order valence-corrected chi connectivity index (χ2v) is 9.64. The molecule has 8 nitrogen and oxygen atoms in total. The summed E-state index contributed by atoms with van der Waals surface area (Å²) in [6.07, 6.45) is 3.97. The van der Waals surface area contributed by atoms with Crippen LogP contribution in [0.25, 0.3) is 21.3 Å². The van der Waals surface area contributed by atoms with Crippen molar-refractivity contribution in [2.45, 2.75) is 29.1 Å². The topological polar surface area (TPSA) is 78.2 Å². The molecule has 4 aromatic rings. The van der Waals surface area contributed by atoms with Crippen molar-refractivity contribution in [3.05, 3.63) is 36.0 Å². The van der Waals surface area contributed by atoms with Crippen molar-refractivity contribution in [1.82, 2.24) is 24.7 Å². The van der Waals surface area contributed by atoms with Crippen LogP contribution >= 0.6 is 23.1 Å². The number of aromatic nitrogens is 5. The molecule has 3 aromatic heterocycles. The molecule has 1 aromatic carbocycles. The van der Waals surface area contributed by atoms with Crippen LogP contribution in [0.2, 0.25) is 0 Å². The molecule has 2 aliphatic rings. The predicted octanol–water partition coefficient (Wildman–Crippen LogP) is 4.28. The van der Waals surface area contributed by atoms with E-state index in [-0.39, 0.29) is 0 Å². The van der Waals surface area contributed by atoms with Crippen molar-refractivity contribution in [3.63, 3.8) is 0 Å². The third kappa shape index (κ3) is 3.62. The lowest BCUT2D eigenvalue weighted by molar-refractivity contribution is 0.121. The summed E-state index contributed by atoms with van der Waals surface area (Å²) in [6.45, 7) is 3.15. The molecular weight excluding hydrogens is 444 g/mol. The Morgan fingerprint density at radius 3 is 2.66 bits per heavy atom.